The lowest BCUT2D eigenvalue weighted by Gasteiger charge is -2.23. The molecule has 3 rings (SSSR count). The lowest BCUT2D eigenvalue weighted by molar-refractivity contribution is 0.315. The average Bonchev–Trinajstić information content (AvgIpc) is 3.09. The summed E-state index contributed by atoms with van der Waals surface area (Å²) < 4.78 is 5.34. The number of imidazole rings is 1. The lowest BCUT2D eigenvalue weighted by Crippen LogP contribution is -2.15. The molecule has 1 fully saturated rings. The maximum atomic E-state index is 6.11. The van der Waals surface area contributed by atoms with Gasteiger partial charge in [0.25, 0.3) is 0 Å². The van der Waals surface area contributed by atoms with Crippen molar-refractivity contribution in [3.8, 4) is 0 Å². The molecule has 3 N–H and O–H groups in total. The Hall–Kier alpha value is -1.69. The SMILES string of the molecule is CC1CCCC(c2noc(C(N)Cc3cnc[nH]3)n2)C1. The van der Waals surface area contributed by atoms with E-state index in [0.717, 1.165) is 30.3 Å². The van der Waals surface area contributed by atoms with Gasteiger partial charge in [0.2, 0.25) is 5.89 Å². The summed E-state index contributed by atoms with van der Waals surface area (Å²) in [7, 11) is 0. The molecule has 108 valence electrons. The molecule has 0 radical (unpaired) electrons. The fourth-order valence-corrected chi connectivity index (χ4v) is 2.95. The number of aromatic amines is 1. The van der Waals surface area contributed by atoms with Gasteiger partial charge in [0.15, 0.2) is 5.82 Å². The molecule has 2 heterocycles. The van der Waals surface area contributed by atoms with Crippen molar-refractivity contribution >= 4 is 0 Å². The van der Waals surface area contributed by atoms with Crippen LogP contribution in [0, 0.1) is 5.92 Å². The van der Waals surface area contributed by atoms with Gasteiger partial charge in [-0.15, -0.1) is 0 Å². The fourth-order valence-electron chi connectivity index (χ4n) is 2.95. The van der Waals surface area contributed by atoms with Crippen LogP contribution in [0.1, 0.15) is 62.0 Å². The molecular weight excluding hydrogens is 254 g/mol. The quantitative estimate of drug-likeness (QED) is 0.893. The van der Waals surface area contributed by atoms with Crippen LogP contribution in [-0.4, -0.2) is 20.1 Å². The van der Waals surface area contributed by atoms with Crippen molar-refractivity contribution in [1.29, 1.82) is 0 Å². The van der Waals surface area contributed by atoms with E-state index in [1.54, 1.807) is 12.5 Å². The van der Waals surface area contributed by atoms with Gasteiger partial charge in [0.05, 0.1) is 12.4 Å². The van der Waals surface area contributed by atoms with Gasteiger partial charge in [-0.3, -0.25) is 0 Å². The number of hydrogen-bond acceptors (Lipinski definition) is 5. The molecule has 0 aromatic carbocycles. The third-order valence-corrected chi connectivity index (χ3v) is 4.07. The predicted molar refractivity (Wildman–Crippen MR) is 73.9 cm³/mol. The first kappa shape index (κ1) is 13.3. The summed E-state index contributed by atoms with van der Waals surface area (Å²) in [5, 5.41) is 4.13. The van der Waals surface area contributed by atoms with Crippen LogP contribution < -0.4 is 5.73 Å². The Morgan fingerprint density at radius 2 is 2.40 bits per heavy atom. The summed E-state index contributed by atoms with van der Waals surface area (Å²) in [4.78, 5) is 11.5. The first-order chi connectivity index (χ1) is 9.72. The average molecular weight is 275 g/mol. The third-order valence-electron chi connectivity index (χ3n) is 4.07. The van der Waals surface area contributed by atoms with Crippen LogP contribution in [0.15, 0.2) is 17.0 Å². The second-order valence-corrected chi connectivity index (χ2v) is 5.85. The summed E-state index contributed by atoms with van der Waals surface area (Å²) >= 11 is 0. The summed E-state index contributed by atoms with van der Waals surface area (Å²) in [6, 6.07) is -0.280. The molecular formula is C14H21N5O. The van der Waals surface area contributed by atoms with Crippen LogP contribution in [0.2, 0.25) is 0 Å². The van der Waals surface area contributed by atoms with E-state index in [2.05, 4.69) is 27.0 Å². The van der Waals surface area contributed by atoms with Crippen LogP contribution in [-0.2, 0) is 6.42 Å². The van der Waals surface area contributed by atoms with Crippen molar-refractivity contribution in [1.82, 2.24) is 20.1 Å². The van der Waals surface area contributed by atoms with E-state index in [1.165, 1.54) is 12.8 Å². The van der Waals surface area contributed by atoms with Gasteiger partial charge < -0.3 is 15.2 Å². The minimum absolute atomic E-state index is 0.280. The molecule has 2 aromatic heterocycles. The Morgan fingerprint density at radius 3 is 3.15 bits per heavy atom. The molecule has 0 spiro atoms. The van der Waals surface area contributed by atoms with Crippen molar-refractivity contribution in [3.63, 3.8) is 0 Å². The monoisotopic (exact) mass is 275 g/mol. The van der Waals surface area contributed by atoms with E-state index >= 15 is 0 Å². The van der Waals surface area contributed by atoms with E-state index in [0.29, 0.717) is 18.2 Å². The largest absolute Gasteiger partial charge is 0.348 e. The zero-order valence-corrected chi connectivity index (χ0v) is 11.7. The molecule has 0 saturated heterocycles. The second-order valence-electron chi connectivity index (χ2n) is 5.85. The zero-order chi connectivity index (χ0) is 13.9. The highest BCUT2D eigenvalue weighted by Gasteiger charge is 2.25. The fraction of sp³-hybridized carbons (Fsp3) is 0.643. The number of nitrogens with one attached hydrogen (secondary N) is 1. The molecule has 3 unspecified atom stereocenters. The maximum absolute atomic E-state index is 6.11. The minimum Gasteiger partial charge on any atom is -0.348 e. The highest BCUT2D eigenvalue weighted by atomic mass is 16.5. The van der Waals surface area contributed by atoms with Crippen LogP contribution >= 0.6 is 0 Å². The van der Waals surface area contributed by atoms with Gasteiger partial charge in [-0.2, -0.15) is 4.98 Å². The molecule has 0 aliphatic heterocycles. The number of H-pyrrole nitrogens is 1. The molecule has 1 saturated carbocycles. The number of nitrogens with two attached hydrogens (primary N) is 1. The minimum atomic E-state index is -0.280. The van der Waals surface area contributed by atoms with Gasteiger partial charge in [0.1, 0.15) is 0 Å². The van der Waals surface area contributed by atoms with Gasteiger partial charge in [-0.05, 0) is 18.8 Å². The van der Waals surface area contributed by atoms with Gasteiger partial charge in [-0.1, -0.05) is 24.9 Å². The molecule has 2 aromatic rings. The van der Waals surface area contributed by atoms with Crippen LogP contribution in [0.4, 0.5) is 0 Å². The Balaban J connectivity index is 1.66. The van der Waals surface area contributed by atoms with Crippen LogP contribution in [0.25, 0.3) is 0 Å². The highest BCUT2D eigenvalue weighted by Crippen LogP contribution is 2.34. The van der Waals surface area contributed by atoms with Gasteiger partial charge in [0, 0.05) is 24.2 Å². The smallest absolute Gasteiger partial charge is 0.243 e. The van der Waals surface area contributed by atoms with E-state index in [9.17, 15) is 0 Å². The molecule has 6 nitrogen and oxygen atoms in total. The molecule has 1 aliphatic rings. The molecule has 0 amide bonds. The maximum Gasteiger partial charge on any atom is 0.243 e. The van der Waals surface area contributed by atoms with Crippen molar-refractivity contribution in [2.24, 2.45) is 11.7 Å². The molecule has 3 atom stereocenters. The van der Waals surface area contributed by atoms with Gasteiger partial charge >= 0.3 is 0 Å². The summed E-state index contributed by atoms with van der Waals surface area (Å²) in [6.07, 6.45) is 8.89. The normalized spacial score (nSPS) is 24.7. The lowest BCUT2D eigenvalue weighted by atomic mass is 9.82. The van der Waals surface area contributed by atoms with Crippen LogP contribution in [0.5, 0.6) is 0 Å². The van der Waals surface area contributed by atoms with Crippen molar-refractivity contribution in [3.05, 3.63) is 29.9 Å². The van der Waals surface area contributed by atoms with Crippen molar-refractivity contribution in [2.75, 3.05) is 0 Å². The number of hydrogen-bond donors (Lipinski definition) is 2. The third kappa shape index (κ3) is 2.90. The number of aromatic nitrogens is 4. The molecule has 6 heteroatoms. The Bertz CT molecular complexity index is 536. The van der Waals surface area contributed by atoms with Gasteiger partial charge in [-0.25, -0.2) is 4.98 Å². The topological polar surface area (TPSA) is 93.6 Å². The van der Waals surface area contributed by atoms with E-state index in [1.807, 2.05) is 0 Å². The summed E-state index contributed by atoms with van der Waals surface area (Å²) in [5.41, 5.74) is 7.09. The summed E-state index contributed by atoms with van der Waals surface area (Å²) in [6.45, 7) is 2.29. The number of rotatable bonds is 4. The van der Waals surface area contributed by atoms with E-state index < -0.39 is 0 Å². The standard InChI is InChI=1S/C14H21N5O/c1-9-3-2-4-10(5-9)13-18-14(20-19-13)12(15)6-11-7-16-8-17-11/h7-10,12H,2-6,15H2,1H3,(H,16,17). The Labute approximate surface area is 118 Å². The summed E-state index contributed by atoms with van der Waals surface area (Å²) in [5.74, 6) is 2.52. The first-order valence-electron chi connectivity index (χ1n) is 7.28. The van der Waals surface area contributed by atoms with Crippen molar-refractivity contribution in [2.45, 2.75) is 51.0 Å². The second kappa shape index (κ2) is 5.75. The first-order valence-corrected chi connectivity index (χ1v) is 7.28. The predicted octanol–water partition coefficient (Wildman–Crippen LogP) is 2.33. The Kier molecular flexibility index (Phi) is 3.82. The van der Waals surface area contributed by atoms with Crippen LogP contribution in [0.3, 0.4) is 0 Å². The van der Waals surface area contributed by atoms with E-state index in [4.69, 9.17) is 10.3 Å². The Morgan fingerprint density at radius 1 is 1.50 bits per heavy atom. The highest BCUT2D eigenvalue weighted by molar-refractivity contribution is 5.04. The number of nitrogens with zero attached hydrogens (tertiary/aromatic N) is 3. The molecule has 0 bridgehead atoms. The molecule has 1 aliphatic carbocycles. The van der Waals surface area contributed by atoms with Crippen molar-refractivity contribution < 1.29 is 4.52 Å². The molecule has 20 heavy (non-hydrogen) atoms. The van der Waals surface area contributed by atoms with E-state index in [-0.39, 0.29) is 6.04 Å². The zero-order valence-electron chi connectivity index (χ0n) is 11.7.